The van der Waals surface area contributed by atoms with Crippen LogP contribution in [0.2, 0.25) is 0 Å². The predicted octanol–water partition coefficient (Wildman–Crippen LogP) is 8.22. The van der Waals surface area contributed by atoms with Crippen LogP contribution in [-0.2, 0) is 20.1 Å². The zero-order valence-corrected chi connectivity index (χ0v) is 23.4. The molecule has 5 heterocycles. The molecule has 0 aliphatic carbocycles. The van der Waals surface area contributed by atoms with Crippen molar-refractivity contribution in [3.63, 3.8) is 0 Å². The van der Waals surface area contributed by atoms with E-state index >= 15 is 0 Å². The summed E-state index contributed by atoms with van der Waals surface area (Å²) in [6, 6.07) is 34.4. The Labute approximate surface area is 232 Å². The van der Waals surface area contributed by atoms with Crippen molar-refractivity contribution in [1.82, 2.24) is 15.0 Å². The molecule has 0 amide bonds. The first-order chi connectivity index (χ1) is 17.7. The number of rotatable bonds is 2. The first-order valence-electron chi connectivity index (χ1n) is 11.6. The van der Waals surface area contributed by atoms with Crippen LogP contribution < -0.4 is 0 Å². The number of nitrogens with zero attached hydrogens (tertiary/aromatic N) is 3. The third kappa shape index (κ3) is 5.09. The van der Waals surface area contributed by atoms with Gasteiger partial charge in [-0.05, 0) is 49.5 Å². The third-order valence-corrected chi connectivity index (χ3v) is 6.81. The van der Waals surface area contributed by atoms with Crippen LogP contribution in [0.5, 0.6) is 0 Å². The van der Waals surface area contributed by atoms with Crippen molar-refractivity contribution in [2.75, 3.05) is 0 Å². The molecule has 0 bridgehead atoms. The van der Waals surface area contributed by atoms with E-state index in [4.69, 9.17) is 9.40 Å². The topological polar surface area (TPSA) is 51.8 Å². The van der Waals surface area contributed by atoms with Gasteiger partial charge in [0.15, 0.2) is 0 Å². The van der Waals surface area contributed by atoms with Crippen molar-refractivity contribution in [1.29, 1.82) is 0 Å². The maximum atomic E-state index is 6.06. The Bertz CT molecular complexity index is 1770. The number of aromatic nitrogens is 3. The van der Waals surface area contributed by atoms with Gasteiger partial charge in [-0.1, -0.05) is 35.2 Å². The molecule has 0 spiro atoms. The maximum Gasteiger partial charge on any atom is 0.216 e. The van der Waals surface area contributed by atoms with Gasteiger partial charge in [0.1, 0.15) is 4.83 Å². The second-order valence-electron chi connectivity index (χ2n) is 8.44. The fourth-order valence-corrected chi connectivity index (χ4v) is 5.04. The molecule has 0 saturated heterocycles. The van der Waals surface area contributed by atoms with Crippen LogP contribution in [0.15, 0.2) is 95.5 Å². The molecule has 0 aliphatic heterocycles. The largest absolute Gasteiger partial charge is 0.486 e. The summed E-state index contributed by atoms with van der Waals surface area (Å²) >= 11 is 1.71. The Morgan fingerprint density at radius 3 is 2.49 bits per heavy atom. The molecule has 7 aromatic rings. The first kappa shape index (κ1) is 25.0. The smallest absolute Gasteiger partial charge is 0.216 e. The van der Waals surface area contributed by atoms with Crippen LogP contribution in [0, 0.1) is 26.0 Å². The molecule has 0 atom stereocenters. The Morgan fingerprint density at radius 1 is 0.784 bits per heavy atom. The Balaban J connectivity index is 0.000000183. The number of thiophene rings is 1. The van der Waals surface area contributed by atoms with E-state index in [0.717, 1.165) is 49.4 Å². The second kappa shape index (κ2) is 10.7. The minimum absolute atomic E-state index is 0. The Kier molecular flexibility index (Phi) is 7.24. The van der Waals surface area contributed by atoms with Gasteiger partial charge in [0, 0.05) is 47.6 Å². The number of fused-ring (bicyclic) bond motifs is 4. The Hall–Kier alpha value is -3.70. The van der Waals surface area contributed by atoms with Crippen molar-refractivity contribution >= 4 is 43.6 Å². The summed E-state index contributed by atoms with van der Waals surface area (Å²) in [4.78, 5) is 15.8. The van der Waals surface area contributed by atoms with Gasteiger partial charge in [0.05, 0.1) is 5.58 Å². The van der Waals surface area contributed by atoms with Gasteiger partial charge in [-0.2, -0.15) is 0 Å². The van der Waals surface area contributed by atoms with E-state index in [-0.39, 0.29) is 20.1 Å². The number of furan rings is 1. The summed E-state index contributed by atoms with van der Waals surface area (Å²) in [5.74, 6) is 0. The summed E-state index contributed by atoms with van der Waals surface area (Å²) in [6.07, 6.45) is 1.79. The average molecular weight is 676 g/mol. The van der Waals surface area contributed by atoms with Gasteiger partial charge in [-0.3, -0.25) is 4.98 Å². The van der Waals surface area contributed by atoms with Gasteiger partial charge in [-0.15, -0.1) is 65.4 Å². The fourth-order valence-electron chi connectivity index (χ4n) is 4.16. The molecule has 0 fully saturated rings. The number of hydrogen-bond donors (Lipinski definition) is 0. The summed E-state index contributed by atoms with van der Waals surface area (Å²) < 4.78 is 6.06. The van der Waals surface area contributed by atoms with Crippen molar-refractivity contribution < 1.29 is 24.5 Å². The summed E-state index contributed by atoms with van der Waals surface area (Å²) in [5, 5.41) is 3.25. The minimum Gasteiger partial charge on any atom is -0.486 e. The van der Waals surface area contributed by atoms with E-state index in [0.29, 0.717) is 5.71 Å². The van der Waals surface area contributed by atoms with E-state index in [2.05, 4.69) is 47.2 Å². The molecule has 5 aromatic heterocycles. The van der Waals surface area contributed by atoms with Crippen LogP contribution in [0.4, 0.5) is 0 Å². The maximum absolute atomic E-state index is 6.06. The Morgan fingerprint density at radius 2 is 1.68 bits per heavy atom. The third-order valence-electron chi connectivity index (χ3n) is 5.85. The SMILES string of the molecule is Cc1ccc2c(n1)oc1c(-c3ccc4cc(C)sc4n3)[c-]ccc12.[Ir].[c-]1ccccc1-c1ccccn1. The fraction of sp³-hybridized carbons (Fsp3) is 0.0645. The van der Waals surface area contributed by atoms with E-state index in [1.165, 1.54) is 10.3 Å². The van der Waals surface area contributed by atoms with Gasteiger partial charge >= 0.3 is 0 Å². The van der Waals surface area contributed by atoms with Gasteiger partial charge in [-0.25, -0.2) is 4.98 Å². The molecule has 7 rings (SSSR count). The van der Waals surface area contributed by atoms with E-state index < -0.39 is 0 Å². The van der Waals surface area contributed by atoms with Crippen LogP contribution in [0.1, 0.15) is 10.6 Å². The van der Waals surface area contributed by atoms with Crippen molar-refractivity contribution in [2.45, 2.75) is 13.8 Å². The zero-order chi connectivity index (χ0) is 24.5. The van der Waals surface area contributed by atoms with Crippen LogP contribution in [0.3, 0.4) is 0 Å². The van der Waals surface area contributed by atoms with Crippen LogP contribution >= 0.6 is 11.3 Å². The molecule has 6 heteroatoms. The molecule has 0 saturated carbocycles. The first-order valence-corrected chi connectivity index (χ1v) is 12.4. The monoisotopic (exact) mass is 676 g/mol. The molecular weight excluding hydrogens is 655 g/mol. The van der Waals surface area contributed by atoms with Crippen LogP contribution in [0.25, 0.3) is 54.8 Å². The minimum atomic E-state index is 0. The summed E-state index contributed by atoms with van der Waals surface area (Å²) in [7, 11) is 0. The van der Waals surface area contributed by atoms with Crippen molar-refractivity contribution in [2.24, 2.45) is 0 Å². The summed E-state index contributed by atoms with van der Waals surface area (Å²) in [6.45, 7) is 4.07. The molecule has 1 radical (unpaired) electrons. The standard InChI is InChI=1S/C20H13N2OS.C11H8N.Ir/c1-11-6-8-15-14-4-3-5-16(18(14)23-19(15)21-11)17-9-7-13-10-12(2)24-20(13)22-17;1-2-6-10(7-3-1)11-8-4-5-9-12-11;/h3-4,6-10H,1-2H3;1-6,8-9H;/q2*-1;. The molecule has 2 aromatic carbocycles. The number of aryl methyl sites for hydroxylation is 2. The quantitative estimate of drug-likeness (QED) is 0.173. The van der Waals surface area contributed by atoms with Gasteiger partial charge < -0.3 is 9.40 Å². The molecular formula is C31H21IrN3OS-2. The normalized spacial score (nSPS) is 10.8. The van der Waals surface area contributed by atoms with Gasteiger partial charge in [0.2, 0.25) is 5.71 Å². The molecule has 0 aliphatic rings. The number of benzene rings is 2. The molecule has 183 valence electrons. The average Bonchev–Trinajstić information content (AvgIpc) is 3.48. The predicted molar refractivity (Wildman–Crippen MR) is 147 cm³/mol. The number of hydrogen-bond acceptors (Lipinski definition) is 5. The molecule has 0 N–H and O–H groups in total. The van der Waals surface area contributed by atoms with E-state index in [1.807, 2.05) is 73.7 Å². The van der Waals surface area contributed by atoms with E-state index in [1.54, 1.807) is 17.5 Å². The van der Waals surface area contributed by atoms with E-state index in [9.17, 15) is 0 Å². The molecule has 0 unspecified atom stereocenters. The molecule has 4 nitrogen and oxygen atoms in total. The summed E-state index contributed by atoms with van der Waals surface area (Å²) in [5.41, 5.74) is 6.18. The van der Waals surface area contributed by atoms with Crippen molar-refractivity contribution in [3.8, 4) is 22.5 Å². The number of pyridine rings is 3. The zero-order valence-electron chi connectivity index (χ0n) is 20.2. The second-order valence-corrected chi connectivity index (χ2v) is 9.68. The van der Waals surface area contributed by atoms with Crippen LogP contribution in [-0.4, -0.2) is 15.0 Å². The van der Waals surface area contributed by atoms with Crippen molar-refractivity contribution in [3.05, 3.63) is 114 Å². The van der Waals surface area contributed by atoms with Gasteiger partial charge in [0.25, 0.3) is 0 Å². The molecule has 37 heavy (non-hydrogen) atoms.